The molecule has 0 radical (unpaired) electrons. The van der Waals surface area contributed by atoms with Crippen molar-refractivity contribution >= 4 is 39.0 Å². The number of anilines is 2. The van der Waals surface area contributed by atoms with E-state index in [9.17, 15) is 0 Å². The third-order valence-corrected chi connectivity index (χ3v) is 4.14. The van der Waals surface area contributed by atoms with Crippen LogP contribution in [0, 0.1) is 0 Å². The zero-order valence-electron chi connectivity index (χ0n) is 10.4. The van der Waals surface area contributed by atoms with E-state index in [2.05, 4.69) is 50.1 Å². The summed E-state index contributed by atoms with van der Waals surface area (Å²) in [6.07, 6.45) is 4.12. The van der Waals surface area contributed by atoms with E-state index in [0.29, 0.717) is 5.88 Å². The van der Waals surface area contributed by atoms with Crippen LogP contribution in [-0.2, 0) is 12.3 Å². The van der Waals surface area contributed by atoms with Gasteiger partial charge in [0.15, 0.2) is 0 Å². The number of rotatable bonds is 2. The zero-order chi connectivity index (χ0) is 13.2. The predicted octanol–water partition coefficient (Wildman–Crippen LogP) is 4.67. The van der Waals surface area contributed by atoms with Gasteiger partial charge in [-0.1, -0.05) is 18.2 Å². The maximum atomic E-state index is 6.06. The molecule has 0 spiro atoms. The van der Waals surface area contributed by atoms with E-state index in [1.807, 2.05) is 12.3 Å². The van der Waals surface area contributed by atoms with E-state index >= 15 is 0 Å². The predicted molar refractivity (Wildman–Crippen MR) is 83.3 cm³/mol. The quantitative estimate of drug-likeness (QED) is 0.740. The van der Waals surface area contributed by atoms with Crippen molar-refractivity contribution in [1.29, 1.82) is 0 Å². The number of pyridine rings is 1. The fourth-order valence-corrected chi connectivity index (χ4v) is 3.14. The molecule has 2 aromatic rings. The number of hydrogen-bond acceptors (Lipinski definition) is 2. The van der Waals surface area contributed by atoms with Crippen LogP contribution in [0.4, 0.5) is 11.5 Å². The van der Waals surface area contributed by atoms with Gasteiger partial charge in [0.25, 0.3) is 0 Å². The van der Waals surface area contributed by atoms with Crippen LogP contribution in [-0.4, -0.2) is 11.5 Å². The number of aryl methyl sites for hydroxylation is 1. The average Bonchev–Trinajstić information content (AvgIpc) is 2.46. The Kier molecular flexibility index (Phi) is 3.76. The topological polar surface area (TPSA) is 16.1 Å². The Hall–Kier alpha value is -1.06. The summed E-state index contributed by atoms with van der Waals surface area (Å²) in [6.45, 7) is 0.996. The summed E-state index contributed by atoms with van der Waals surface area (Å²) in [5.74, 6) is 1.45. The lowest BCUT2D eigenvalue weighted by molar-refractivity contribution is 0.757. The van der Waals surface area contributed by atoms with Gasteiger partial charge in [0.1, 0.15) is 5.82 Å². The minimum absolute atomic E-state index is 0.473. The number of hydrogen-bond donors (Lipinski definition) is 0. The summed E-state index contributed by atoms with van der Waals surface area (Å²) in [5.41, 5.74) is 3.71. The van der Waals surface area contributed by atoms with Crippen molar-refractivity contribution in [3.8, 4) is 0 Å². The fourth-order valence-electron chi connectivity index (χ4n) is 2.57. The molecular formula is C15H14BrClN2. The first-order valence-electron chi connectivity index (χ1n) is 6.35. The number of halogens is 2. The van der Waals surface area contributed by atoms with Crippen LogP contribution in [0.5, 0.6) is 0 Å². The molecule has 1 aromatic heterocycles. The molecule has 1 aliphatic rings. The maximum absolute atomic E-state index is 6.06. The van der Waals surface area contributed by atoms with Crippen LogP contribution in [0.15, 0.2) is 41.0 Å². The van der Waals surface area contributed by atoms with Crippen molar-refractivity contribution in [3.05, 3.63) is 52.1 Å². The molecule has 0 atom stereocenters. The molecule has 2 heterocycles. The molecular weight excluding hydrogens is 324 g/mol. The van der Waals surface area contributed by atoms with Gasteiger partial charge in [0.05, 0.1) is 5.88 Å². The molecule has 0 saturated heterocycles. The Bertz CT molecular complexity index is 600. The second kappa shape index (κ2) is 5.51. The SMILES string of the molecule is ClCc1cc(Br)cnc1N1CCCc2ccccc21. The Morgan fingerprint density at radius 2 is 2.16 bits per heavy atom. The zero-order valence-corrected chi connectivity index (χ0v) is 12.8. The molecule has 4 heteroatoms. The van der Waals surface area contributed by atoms with Gasteiger partial charge in [-0.2, -0.15) is 0 Å². The Morgan fingerprint density at radius 1 is 1.32 bits per heavy atom. The first-order chi connectivity index (χ1) is 9.29. The smallest absolute Gasteiger partial charge is 0.137 e. The number of fused-ring (bicyclic) bond motifs is 1. The highest BCUT2D eigenvalue weighted by Crippen LogP contribution is 2.35. The van der Waals surface area contributed by atoms with Gasteiger partial charge in [-0.3, -0.25) is 0 Å². The first-order valence-corrected chi connectivity index (χ1v) is 7.68. The largest absolute Gasteiger partial charge is 0.326 e. The van der Waals surface area contributed by atoms with Gasteiger partial charge >= 0.3 is 0 Å². The average molecular weight is 338 g/mol. The lowest BCUT2D eigenvalue weighted by Crippen LogP contribution is -2.26. The van der Waals surface area contributed by atoms with Gasteiger partial charge in [-0.25, -0.2) is 4.98 Å². The monoisotopic (exact) mass is 336 g/mol. The summed E-state index contributed by atoms with van der Waals surface area (Å²) in [6, 6.07) is 10.6. The molecule has 1 aromatic carbocycles. The lowest BCUT2D eigenvalue weighted by Gasteiger charge is -2.31. The minimum atomic E-state index is 0.473. The second-order valence-electron chi connectivity index (χ2n) is 4.65. The highest BCUT2D eigenvalue weighted by atomic mass is 79.9. The second-order valence-corrected chi connectivity index (χ2v) is 5.84. The van der Waals surface area contributed by atoms with Gasteiger partial charge in [-0.05, 0) is 46.5 Å². The van der Waals surface area contributed by atoms with Crippen molar-refractivity contribution in [2.75, 3.05) is 11.4 Å². The van der Waals surface area contributed by atoms with E-state index in [-0.39, 0.29) is 0 Å². The molecule has 0 bridgehead atoms. The van der Waals surface area contributed by atoms with E-state index in [1.54, 1.807) is 0 Å². The van der Waals surface area contributed by atoms with Crippen LogP contribution in [0.1, 0.15) is 17.5 Å². The van der Waals surface area contributed by atoms with Crippen molar-refractivity contribution in [2.45, 2.75) is 18.7 Å². The number of nitrogens with zero attached hydrogens (tertiary/aromatic N) is 2. The van der Waals surface area contributed by atoms with Crippen LogP contribution in [0.25, 0.3) is 0 Å². The van der Waals surface area contributed by atoms with Crippen molar-refractivity contribution in [1.82, 2.24) is 4.98 Å². The van der Waals surface area contributed by atoms with Gasteiger partial charge < -0.3 is 4.90 Å². The van der Waals surface area contributed by atoms with E-state index < -0.39 is 0 Å². The molecule has 98 valence electrons. The minimum Gasteiger partial charge on any atom is -0.326 e. The molecule has 0 fully saturated rings. The van der Waals surface area contributed by atoms with E-state index in [1.165, 1.54) is 11.3 Å². The van der Waals surface area contributed by atoms with Gasteiger partial charge in [0, 0.05) is 28.5 Å². The number of benzene rings is 1. The summed E-state index contributed by atoms with van der Waals surface area (Å²) in [5, 5.41) is 0. The van der Waals surface area contributed by atoms with E-state index in [0.717, 1.165) is 35.2 Å². The fraction of sp³-hybridized carbons (Fsp3) is 0.267. The van der Waals surface area contributed by atoms with Crippen LogP contribution in [0.3, 0.4) is 0 Å². The normalized spacial score (nSPS) is 14.3. The highest BCUT2D eigenvalue weighted by Gasteiger charge is 2.20. The Morgan fingerprint density at radius 3 is 3.00 bits per heavy atom. The molecule has 2 nitrogen and oxygen atoms in total. The van der Waals surface area contributed by atoms with Gasteiger partial charge in [-0.15, -0.1) is 11.6 Å². The molecule has 0 amide bonds. The molecule has 0 saturated carbocycles. The van der Waals surface area contributed by atoms with Crippen molar-refractivity contribution in [3.63, 3.8) is 0 Å². The molecule has 19 heavy (non-hydrogen) atoms. The third-order valence-electron chi connectivity index (χ3n) is 3.42. The molecule has 1 aliphatic heterocycles. The van der Waals surface area contributed by atoms with Gasteiger partial charge in [0.2, 0.25) is 0 Å². The van der Waals surface area contributed by atoms with E-state index in [4.69, 9.17) is 11.6 Å². The third kappa shape index (κ3) is 2.49. The lowest BCUT2D eigenvalue weighted by atomic mass is 10.0. The van der Waals surface area contributed by atoms with Crippen molar-refractivity contribution in [2.24, 2.45) is 0 Å². The standard InChI is InChI=1S/C15H14BrClN2/c16-13-8-12(9-17)15(18-10-13)19-7-3-5-11-4-1-2-6-14(11)19/h1-2,4,6,8,10H,3,5,7,9H2. The first kappa shape index (κ1) is 12.9. The molecule has 3 rings (SSSR count). The Labute approximate surface area is 126 Å². The number of aromatic nitrogens is 1. The summed E-state index contributed by atoms with van der Waals surface area (Å²) in [7, 11) is 0. The molecule has 0 aliphatic carbocycles. The molecule has 0 N–H and O–H groups in total. The summed E-state index contributed by atoms with van der Waals surface area (Å²) < 4.78 is 0.970. The summed E-state index contributed by atoms with van der Waals surface area (Å²) >= 11 is 9.52. The van der Waals surface area contributed by atoms with Crippen molar-refractivity contribution < 1.29 is 0 Å². The number of alkyl halides is 1. The highest BCUT2D eigenvalue weighted by molar-refractivity contribution is 9.10. The molecule has 0 unspecified atom stereocenters. The Balaban J connectivity index is 2.09. The van der Waals surface area contributed by atoms with Crippen LogP contribution >= 0.6 is 27.5 Å². The summed E-state index contributed by atoms with van der Waals surface area (Å²) in [4.78, 5) is 6.85. The van der Waals surface area contributed by atoms with Crippen LogP contribution in [0.2, 0.25) is 0 Å². The van der Waals surface area contributed by atoms with Crippen LogP contribution < -0.4 is 4.90 Å². The number of para-hydroxylation sites is 1. The maximum Gasteiger partial charge on any atom is 0.137 e.